The number of nitrogens with two attached hydrogens (primary N) is 1. The first-order chi connectivity index (χ1) is 11.6. The Bertz CT molecular complexity index is 545. The van der Waals surface area contributed by atoms with Gasteiger partial charge in [-0.25, -0.2) is 4.98 Å². The van der Waals surface area contributed by atoms with E-state index in [4.69, 9.17) is 10.2 Å². The van der Waals surface area contributed by atoms with Crippen LogP contribution >= 0.6 is 0 Å². The Morgan fingerprint density at radius 3 is 2.60 bits per heavy atom. The van der Waals surface area contributed by atoms with Crippen molar-refractivity contribution in [1.29, 1.82) is 0 Å². The summed E-state index contributed by atoms with van der Waals surface area (Å²) in [7, 11) is -1.69. The molecular formula is C18H34N4O2Si. The molecule has 3 N–H and O–H groups in total. The summed E-state index contributed by atoms with van der Waals surface area (Å²) in [5.74, 6) is 0.498. The molecule has 1 fully saturated rings. The molecule has 1 saturated heterocycles. The summed E-state index contributed by atoms with van der Waals surface area (Å²) < 4.78 is 6.29. The van der Waals surface area contributed by atoms with Gasteiger partial charge in [0.05, 0.1) is 11.9 Å². The molecule has 1 atom stereocenters. The quantitative estimate of drug-likeness (QED) is 0.780. The molecule has 1 aliphatic rings. The second-order valence-electron chi connectivity index (χ2n) is 8.35. The maximum Gasteiger partial charge on any atom is 0.192 e. The maximum absolute atomic E-state index is 10.5. The Morgan fingerprint density at radius 2 is 2.00 bits per heavy atom. The van der Waals surface area contributed by atoms with Gasteiger partial charge in [-0.3, -0.25) is 4.90 Å². The number of aliphatic hydroxyl groups excluding tert-OH is 1. The Balaban J connectivity index is 1.87. The third kappa shape index (κ3) is 5.41. The standard InChI is InChI=1S/C18H34N4O2Si/c1-18(2,3)25(4,5)24-13-12-21-9-8-17(23)22(11-10-21)15-6-7-16(19)20-14-15/h6-7,14,17,23H,8-13H2,1-5H3,(H2,19,20). The molecule has 1 aromatic heterocycles. The summed E-state index contributed by atoms with van der Waals surface area (Å²) in [5.41, 5.74) is 6.57. The number of aromatic nitrogens is 1. The van der Waals surface area contributed by atoms with Crippen molar-refractivity contribution in [1.82, 2.24) is 9.88 Å². The van der Waals surface area contributed by atoms with Gasteiger partial charge in [0.15, 0.2) is 8.32 Å². The predicted octanol–water partition coefficient (Wildman–Crippen LogP) is 2.52. The van der Waals surface area contributed by atoms with Crippen LogP contribution in [-0.4, -0.2) is 62.3 Å². The fourth-order valence-corrected chi connectivity index (χ4v) is 3.74. The lowest BCUT2D eigenvalue weighted by Gasteiger charge is -2.36. The van der Waals surface area contributed by atoms with Gasteiger partial charge in [0.25, 0.3) is 0 Å². The van der Waals surface area contributed by atoms with Crippen molar-refractivity contribution in [3.05, 3.63) is 18.3 Å². The monoisotopic (exact) mass is 366 g/mol. The molecule has 0 spiro atoms. The van der Waals surface area contributed by atoms with E-state index in [1.807, 2.05) is 11.0 Å². The Morgan fingerprint density at radius 1 is 1.28 bits per heavy atom. The highest BCUT2D eigenvalue weighted by Gasteiger charge is 2.37. The normalized spacial score (nSPS) is 20.6. The lowest BCUT2D eigenvalue weighted by atomic mass is 10.2. The number of anilines is 2. The van der Waals surface area contributed by atoms with Gasteiger partial charge < -0.3 is 20.2 Å². The van der Waals surface area contributed by atoms with E-state index in [2.05, 4.69) is 43.7 Å². The minimum atomic E-state index is -1.69. The second-order valence-corrected chi connectivity index (χ2v) is 13.2. The van der Waals surface area contributed by atoms with Crippen LogP contribution in [0.4, 0.5) is 11.5 Å². The minimum Gasteiger partial charge on any atom is -0.416 e. The van der Waals surface area contributed by atoms with E-state index >= 15 is 0 Å². The molecular weight excluding hydrogens is 332 g/mol. The highest BCUT2D eigenvalue weighted by Crippen LogP contribution is 2.36. The van der Waals surface area contributed by atoms with Crippen molar-refractivity contribution in [3.63, 3.8) is 0 Å². The molecule has 0 radical (unpaired) electrons. The van der Waals surface area contributed by atoms with Crippen LogP contribution in [0.25, 0.3) is 0 Å². The number of pyridine rings is 1. The van der Waals surface area contributed by atoms with Gasteiger partial charge in [-0.15, -0.1) is 0 Å². The summed E-state index contributed by atoms with van der Waals surface area (Å²) in [6, 6.07) is 3.69. The summed E-state index contributed by atoms with van der Waals surface area (Å²) in [4.78, 5) is 8.51. The average Bonchev–Trinajstić information content (AvgIpc) is 2.69. The lowest BCUT2D eigenvalue weighted by Crippen LogP contribution is -2.43. The summed E-state index contributed by atoms with van der Waals surface area (Å²) >= 11 is 0. The Labute approximate surface area is 153 Å². The predicted molar refractivity (Wildman–Crippen MR) is 106 cm³/mol. The van der Waals surface area contributed by atoms with Crippen molar-refractivity contribution in [2.75, 3.05) is 43.4 Å². The van der Waals surface area contributed by atoms with Gasteiger partial charge in [0, 0.05) is 39.2 Å². The molecule has 25 heavy (non-hydrogen) atoms. The highest BCUT2D eigenvalue weighted by molar-refractivity contribution is 6.74. The van der Waals surface area contributed by atoms with Crippen molar-refractivity contribution in [3.8, 4) is 0 Å². The van der Waals surface area contributed by atoms with Gasteiger partial charge in [-0.1, -0.05) is 20.8 Å². The molecule has 0 aliphatic carbocycles. The molecule has 6 nitrogen and oxygen atoms in total. The SMILES string of the molecule is CC(C)(C)[Si](C)(C)OCCN1CCC(O)N(c2ccc(N)nc2)CC1. The van der Waals surface area contributed by atoms with E-state index in [9.17, 15) is 5.11 Å². The summed E-state index contributed by atoms with van der Waals surface area (Å²) in [5, 5.41) is 10.7. The molecule has 1 unspecified atom stereocenters. The first-order valence-corrected chi connectivity index (χ1v) is 12.0. The van der Waals surface area contributed by atoms with Crippen LogP contribution < -0.4 is 10.6 Å². The van der Waals surface area contributed by atoms with E-state index in [1.165, 1.54) is 0 Å². The third-order valence-corrected chi connectivity index (χ3v) is 10.0. The van der Waals surface area contributed by atoms with Crippen molar-refractivity contribution < 1.29 is 9.53 Å². The Kier molecular flexibility index (Phi) is 6.48. The summed E-state index contributed by atoms with van der Waals surface area (Å²) in [6.45, 7) is 15.6. The van der Waals surface area contributed by atoms with Crippen LogP contribution in [0.5, 0.6) is 0 Å². The molecule has 1 aliphatic heterocycles. The van der Waals surface area contributed by atoms with Crippen LogP contribution in [-0.2, 0) is 4.43 Å². The topological polar surface area (TPSA) is 74.9 Å². The number of hydrogen-bond donors (Lipinski definition) is 2. The highest BCUT2D eigenvalue weighted by atomic mass is 28.4. The first kappa shape index (κ1) is 20.2. The van der Waals surface area contributed by atoms with Gasteiger partial charge in [0.2, 0.25) is 0 Å². The van der Waals surface area contributed by atoms with E-state index < -0.39 is 14.5 Å². The average molecular weight is 367 g/mol. The smallest absolute Gasteiger partial charge is 0.192 e. The van der Waals surface area contributed by atoms with Crippen molar-refractivity contribution in [2.45, 2.75) is 51.6 Å². The zero-order valence-corrected chi connectivity index (χ0v) is 17.3. The van der Waals surface area contributed by atoms with Crippen LogP contribution in [0.1, 0.15) is 27.2 Å². The number of hydrogen-bond acceptors (Lipinski definition) is 6. The number of aliphatic hydroxyl groups is 1. The maximum atomic E-state index is 10.5. The fraction of sp³-hybridized carbons (Fsp3) is 0.722. The van der Waals surface area contributed by atoms with Crippen LogP contribution in [0.15, 0.2) is 18.3 Å². The zero-order chi connectivity index (χ0) is 18.7. The molecule has 2 rings (SSSR count). The van der Waals surface area contributed by atoms with Gasteiger partial charge >= 0.3 is 0 Å². The van der Waals surface area contributed by atoms with Crippen LogP contribution in [0, 0.1) is 0 Å². The fourth-order valence-electron chi connectivity index (χ4n) is 2.70. The molecule has 0 amide bonds. The largest absolute Gasteiger partial charge is 0.416 e. The number of nitrogen functional groups attached to an aromatic ring is 1. The number of rotatable bonds is 5. The second kappa shape index (κ2) is 8.03. The Hall–Kier alpha value is -1.15. The first-order valence-electron chi connectivity index (χ1n) is 9.13. The molecule has 0 saturated carbocycles. The van der Waals surface area contributed by atoms with E-state index in [-0.39, 0.29) is 5.04 Å². The third-order valence-electron chi connectivity index (χ3n) is 5.50. The van der Waals surface area contributed by atoms with E-state index in [0.717, 1.165) is 38.5 Å². The van der Waals surface area contributed by atoms with Crippen molar-refractivity contribution >= 4 is 19.8 Å². The molecule has 0 bridgehead atoms. The van der Waals surface area contributed by atoms with Gasteiger partial charge in [0.1, 0.15) is 12.0 Å². The lowest BCUT2D eigenvalue weighted by molar-refractivity contribution is 0.153. The summed E-state index contributed by atoms with van der Waals surface area (Å²) in [6.07, 6.45) is 1.95. The van der Waals surface area contributed by atoms with E-state index in [1.54, 1.807) is 12.3 Å². The molecule has 7 heteroatoms. The molecule has 142 valence electrons. The zero-order valence-electron chi connectivity index (χ0n) is 16.3. The molecule has 0 aromatic carbocycles. The van der Waals surface area contributed by atoms with E-state index in [0.29, 0.717) is 12.2 Å². The van der Waals surface area contributed by atoms with Gasteiger partial charge in [-0.2, -0.15) is 0 Å². The molecule has 2 heterocycles. The molecule has 1 aromatic rings. The minimum absolute atomic E-state index is 0.237. The van der Waals surface area contributed by atoms with Crippen LogP contribution in [0.3, 0.4) is 0 Å². The van der Waals surface area contributed by atoms with Crippen molar-refractivity contribution in [2.24, 2.45) is 0 Å². The number of nitrogens with zero attached hydrogens (tertiary/aromatic N) is 3. The van der Waals surface area contributed by atoms with Gasteiger partial charge in [-0.05, 0) is 30.3 Å². The van der Waals surface area contributed by atoms with Crippen LogP contribution in [0.2, 0.25) is 18.1 Å².